The maximum atomic E-state index is 14.3. The van der Waals surface area contributed by atoms with Gasteiger partial charge in [-0.05, 0) is 43.5 Å². The third-order valence-corrected chi connectivity index (χ3v) is 8.26. The van der Waals surface area contributed by atoms with E-state index in [0.717, 1.165) is 0 Å². The molecule has 2 unspecified atom stereocenters. The first kappa shape index (κ1) is 26.9. The summed E-state index contributed by atoms with van der Waals surface area (Å²) >= 11 is 0. The summed E-state index contributed by atoms with van der Waals surface area (Å²) in [4.78, 5) is 46.5. The molecule has 9 nitrogen and oxygen atoms in total. The summed E-state index contributed by atoms with van der Waals surface area (Å²) in [6, 6.07) is 6.10. The Morgan fingerprint density at radius 3 is 2.43 bits per heavy atom. The number of hydrogen-bond acceptors (Lipinski definition) is 6. The standard InChI is InChI=1S/C28H37N3O6/c1-6-15-29(4)24(33)21-22-25(34)31(17-18-32)23(28(22)14-13-27(21,8-3)37-28)26(35)30(16-7-2)19-9-11-20(36-5)12-10-19/h6-7,9-12,21-23,32H,1-2,8,13-18H2,3-5H3/t21-,22-,23?,27+,28?/m0/s1. The summed E-state index contributed by atoms with van der Waals surface area (Å²) in [5, 5.41) is 9.85. The minimum absolute atomic E-state index is 0.0239. The van der Waals surface area contributed by atoms with Gasteiger partial charge in [0.2, 0.25) is 11.8 Å². The normalized spacial score (nSPS) is 29.7. The molecule has 1 aromatic rings. The van der Waals surface area contributed by atoms with Crippen molar-refractivity contribution in [2.75, 3.05) is 45.3 Å². The zero-order valence-electron chi connectivity index (χ0n) is 21.9. The number of carbonyl (C=O) groups is 3. The second kappa shape index (κ2) is 10.3. The summed E-state index contributed by atoms with van der Waals surface area (Å²) in [6.07, 6.45) is 4.87. The number of benzene rings is 1. The summed E-state index contributed by atoms with van der Waals surface area (Å²) in [5.74, 6) is -1.69. The first-order valence-electron chi connectivity index (χ1n) is 12.8. The maximum Gasteiger partial charge on any atom is 0.253 e. The lowest BCUT2D eigenvalue weighted by molar-refractivity contribution is -0.150. The van der Waals surface area contributed by atoms with E-state index >= 15 is 0 Å². The molecule has 37 heavy (non-hydrogen) atoms. The lowest BCUT2D eigenvalue weighted by Crippen LogP contribution is -2.57. The van der Waals surface area contributed by atoms with Gasteiger partial charge >= 0.3 is 0 Å². The predicted molar refractivity (Wildman–Crippen MR) is 139 cm³/mol. The van der Waals surface area contributed by atoms with Crippen LogP contribution in [0.3, 0.4) is 0 Å². The van der Waals surface area contributed by atoms with Gasteiger partial charge in [-0.25, -0.2) is 0 Å². The van der Waals surface area contributed by atoms with Gasteiger partial charge < -0.3 is 29.3 Å². The molecule has 9 heteroatoms. The minimum Gasteiger partial charge on any atom is -0.497 e. The van der Waals surface area contributed by atoms with Gasteiger partial charge in [-0.1, -0.05) is 19.1 Å². The molecule has 200 valence electrons. The van der Waals surface area contributed by atoms with Crippen LogP contribution in [0.2, 0.25) is 0 Å². The van der Waals surface area contributed by atoms with Gasteiger partial charge in [0.1, 0.15) is 17.4 Å². The van der Waals surface area contributed by atoms with E-state index in [0.29, 0.717) is 37.2 Å². The van der Waals surface area contributed by atoms with E-state index in [1.54, 1.807) is 60.4 Å². The van der Waals surface area contributed by atoms with Crippen LogP contribution < -0.4 is 9.64 Å². The minimum atomic E-state index is -1.15. The molecule has 1 aromatic carbocycles. The van der Waals surface area contributed by atoms with Crippen molar-refractivity contribution in [2.24, 2.45) is 11.8 Å². The fourth-order valence-corrected chi connectivity index (χ4v) is 6.60. The molecule has 3 heterocycles. The van der Waals surface area contributed by atoms with Crippen LogP contribution in [-0.4, -0.2) is 90.3 Å². The van der Waals surface area contributed by atoms with E-state index in [9.17, 15) is 19.5 Å². The Kier molecular flexibility index (Phi) is 7.48. The molecule has 3 saturated heterocycles. The molecule has 0 aliphatic carbocycles. The summed E-state index contributed by atoms with van der Waals surface area (Å²) in [5.41, 5.74) is -1.35. The molecule has 4 rings (SSSR count). The zero-order valence-corrected chi connectivity index (χ0v) is 21.9. The van der Waals surface area contributed by atoms with E-state index < -0.39 is 29.1 Å². The number of β-amino-alcohol motifs (C(OH)–C–C–N with tert-alkyl or cyclic N) is 1. The molecule has 1 spiro atoms. The molecule has 3 aliphatic heterocycles. The number of amides is 3. The van der Waals surface area contributed by atoms with Crippen LogP contribution in [0, 0.1) is 11.8 Å². The first-order valence-corrected chi connectivity index (χ1v) is 12.8. The predicted octanol–water partition coefficient (Wildman–Crippen LogP) is 2.01. The van der Waals surface area contributed by atoms with Gasteiger partial charge in [0, 0.05) is 32.4 Å². The summed E-state index contributed by atoms with van der Waals surface area (Å²) in [6.45, 7) is 9.73. The van der Waals surface area contributed by atoms with Crippen molar-refractivity contribution in [3.63, 3.8) is 0 Å². The van der Waals surface area contributed by atoms with Crippen LogP contribution in [0.15, 0.2) is 49.6 Å². The molecule has 5 atom stereocenters. The Labute approximate surface area is 218 Å². The van der Waals surface area contributed by atoms with Crippen molar-refractivity contribution in [1.29, 1.82) is 0 Å². The molecule has 0 aromatic heterocycles. The maximum absolute atomic E-state index is 14.3. The van der Waals surface area contributed by atoms with Crippen LogP contribution in [0.4, 0.5) is 5.69 Å². The fourth-order valence-electron chi connectivity index (χ4n) is 6.60. The highest BCUT2D eigenvalue weighted by Gasteiger charge is 2.78. The fraction of sp³-hybridized carbons (Fsp3) is 0.536. The number of aliphatic hydroxyl groups is 1. The smallest absolute Gasteiger partial charge is 0.253 e. The monoisotopic (exact) mass is 511 g/mol. The van der Waals surface area contributed by atoms with Crippen molar-refractivity contribution in [3.05, 3.63) is 49.6 Å². The number of fused-ring (bicyclic) bond motifs is 1. The molecule has 0 saturated carbocycles. The Balaban J connectivity index is 1.79. The number of anilines is 1. The molecular formula is C28H37N3O6. The number of methoxy groups -OCH3 is 1. The number of ether oxygens (including phenoxy) is 2. The molecule has 3 amide bonds. The Hall–Kier alpha value is -3.17. The molecule has 1 N–H and O–H groups in total. The number of carbonyl (C=O) groups excluding carboxylic acids is 3. The van der Waals surface area contributed by atoms with Crippen molar-refractivity contribution in [1.82, 2.24) is 9.80 Å². The highest BCUT2D eigenvalue weighted by atomic mass is 16.5. The second-order valence-electron chi connectivity index (χ2n) is 10.0. The number of aliphatic hydroxyl groups excluding tert-OH is 1. The van der Waals surface area contributed by atoms with Crippen LogP contribution in [0.5, 0.6) is 5.75 Å². The summed E-state index contributed by atoms with van der Waals surface area (Å²) < 4.78 is 12.0. The van der Waals surface area contributed by atoms with Crippen LogP contribution in [0.25, 0.3) is 0 Å². The molecule has 3 fully saturated rings. The third-order valence-electron chi connectivity index (χ3n) is 8.26. The van der Waals surface area contributed by atoms with Crippen molar-refractivity contribution in [3.8, 4) is 5.75 Å². The molecule has 0 radical (unpaired) electrons. The highest BCUT2D eigenvalue weighted by molar-refractivity contribution is 6.05. The average Bonchev–Trinajstić information content (AvgIpc) is 3.51. The van der Waals surface area contributed by atoms with E-state index in [-0.39, 0.29) is 37.4 Å². The van der Waals surface area contributed by atoms with Crippen LogP contribution in [-0.2, 0) is 19.1 Å². The Morgan fingerprint density at radius 2 is 1.86 bits per heavy atom. The van der Waals surface area contributed by atoms with Gasteiger partial charge in [0.25, 0.3) is 5.91 Å². The largest absolute Gasteiger partial charge is 0.497 e. The number of rotatable bonds is 11. The molecule has 2 bridgehead atoms. The van der Waals surface area contributed by atoms with E-state index in [2.05, 4.69) is 13.2 Å². The third kappa shape index (κ3) is 4.05. The average molecular weight is 512 g/mol. The van der Waals surface area contributed by atoms with Crippen LogP contribution in [0.1, 0.15) is 26.2 Å². The van der Waals surface area contributed by atoms with Gasteiger partial charge in [-0.15, -0.1) is 13.2 Å². The van der Waals surface area contributed by atoms with E-state index in [1.165, 1.54) is 4.90 Å². The number of likely N-dealkylation sites (N-methyl/N-ethyl adjacent to an activating group) is 1. The molecular weight excluding hydrogens is 474 g/mol. The zero-order chi connectivity index (χ0) is 27.0. The lowest BCUT2D eigenvalue weighted by atomic mass is 9.64. The second-order valence-corrected chi connectivity index (χ2v) is 10.0. The molecule has 3 aliphatic rings. The quantitative estimate of drug-likeness (QED) is 0.457. The van der Waals surface area contributed by atoms with Crippen molar-refractivity contribution < 1.29 is 29.0 Å². The number of nitrogens with zero attached hydrogens (tertiary/aromatic N) is 3. The van der Waals surface area contributed by atoms with Crippen LogP contribution >= 0.6 is 0 Å². The van der Waals surface area contributed by atoms with E-state index in [1.807, 2.05) is 6.92 Å². The topological polar surface area (TPSA) is 99.6 Å². The Morgan fingerprint density at radius 1 is 1.19 bits per heavy atom. The van der Waals surface area contributed by atoms with Crippen molar-refractivity contribution >= 4 is 23.4 Å². The van der Waals surface area contributed by atoms with Crippen molar-refractivity contribution in [2.45, 2.75) is 43.4 Å². The summed E-state index contributed by atoms with van der Waals surface area (Å²) in [7, 11) is 3.26. The van der Waals surface area contributed by atoms with Gasteiger partial charge in [-0.3, -0.25) is 14.4 Å². The first-order chi connectivity index (χ1) is 17.7. The van der Waals surface area contributed by atoms with E-state index in [4.69, 9.17) is 9.47 Å². The SMILES string of the molecule is C=CCN(C)C(=O)[C@@H]1[C@H]2C(=O)N(CCO)C(C(=O)N(CC=C)c3ccc(OC)cc3)C23CC[C@@]1(CC)O3. The van der Waals surface area contributed by atoms with Gasteiger partial charge in [0.15, 0.2) is 0 Å². The lowest BCUT2D eigenvalue weighted by Gasteiger charge is -2.36. The number of hydrogen-bond donors (Lipinski definition) is 1. The number of likely N-dealkylation sites (tertiary alicyclic amines) is 1. The van der Waals surface area contributed by atoms with Gasteiger partial charge in [-0.2, -0.15) is 0 Å². The highest BCUT2D eigenvalue weighted by Crippen LogP contribution is 2.64. The Bertz CT molecular complexity index is 1070. The van der Waals surface area contributed by atoms with Gasteiger partial charge in [0.05, 0.1) is 31.2 Å².